The van der Waals surface area contributed by atoms with Crippen LogP contribution in [0, 0.1) is 16.0 Å². The molecule has 0 saturated carbocycles. The Kier molecular flexibility index (Phi) is 7.50. The highest BCUT2D eigenvalue weighted by Gasteiger charge is 2.44. The van der Waals surface area contributed by atoms with E-state index in [1.165, 1.54) is 7.11 Å². The Morgan fingerprint density at radius 1 is 0.964 bits per heavy atom. The van der Waals surface area contributed by atoms with E-state index >= 15 is 0 Å². The number of nitro groups is 1. The maximum absolute atomic E-state index is 11.1. The Morgan fingerprint density at radius 3 is 2.00 bits per heavy atom. The Hall–Kier alpha value is -2.32. The standard InChI is InChI=1S/C21H25NO6/c1-25-21-20(27-14-17-10-6-3-7-11-17)19(18(15-28-21)12-22(23)24)26-13-16-8-4-2-5-9-16/h2-11,18-21H,12-15H2,1H3/t18-,19-,20+,21-/m1/s1. The van der Waals surface area contributed by atoms with Crippen LogP contribution in [0.4, 0.5) is 0 Å². The molecule has 4 atom stereocenters. The molecule has 1 heterocycles. The average Bonchev–Trinajstić information content (AvgIpc) is 2.72. The topological polar surface area (TPSA) is 80.1 Å². The molecule has 1 aliphatic rings. The fourth-order valence-electron chi connectivity index (χ4n) is 3.32. The molecule has 0 amide bonds. The summed E-state index contributed by atoms with van der Waals surface area (Å²) < 4.78 is 23.3. The second-order valence-corrected chi connectivity index (χ2v) is 6.74. The lowest BCUT2D eigenvalue weighted by atomic mass is 9.95. The quantitative estimate of drug-likeness (QED) is 0.486. The summed E-state index contributed by atoms with van der Waals surface area (Å²) >= 11 is 0. The third-order valence-corrected chi connectivity index (χ3v) is 4.72. The van der Waals surface area contributed by atoms with Crippen LogP contribution in [-0.2, 0) is 32.2 Å². The maximum atomic E-state index is 11.1. The van der Waals surface area contributed by atoms with E-state index < -0.39 is 24.4 Å². The zero-order valence-electron chi connectivity index (χ0n) is 15.8. The summed E-state index contributed by atoms with van der Waals surface area (Å²) in [7, 11) is 1.53. The molecule has 0 bridgehead atoms. The van der Waals surface area contributed by atoms with Crippen molar-refractivity contribution in [3.8, 4) is 0 Å². The van der Waals surface area contributed by atoms with Gasteiger partial charge in [0, 0.05) is 12.0 Å². The van der Waals surface area contributed by atoms with Gasteiger partial charge in [-0.1, -0.05) is 60.7 Å². The molecule has 7 nitrogen and oxygen atoms in total. The molecule has 1 fully saturated rings. The predicted octanol–water partition coefficient (Wildman–Crippen LogP) is 3.05. The van der Waals surface area contributed by atoms with Gasteiger partial charge in [0.1, 0.15) is 12.2 Å². The Balaban J connectivity index is 1.75. The summed E-state index contributed by atoms with van der Waals surface area (Å²) in [5.74, 6) is -0.425. The Labute approximate surface area is 164 Å². The van der Waals surface area contributed by atoms with Gasteiger partial charge in [-0.25, -0.2) is 0 Å². The van der Waals surface area contributed by atoms with E-state index in [0.29, 0.717) is 13.2 Å². The van der Waals surface area contributed by atoms with Crippen LogP contribution < -0.4 is 0 Å². The zero-order valence-corrected chi connectivity index (χ0v) is 15.8. The number of ether oxygens (including phenoxy) is 4. The van der Waals surface area contributed by atoms with E-state index in [-0.39, 0.29) is 18.1 Å². The van der Waals surface area contributed by atoms with Crippen LogP contribution >= 0.6 is 0 Å². The minimum absolute atomic E-state index is 0.185. The SMILES string of the molecule is CO[C@@H]1OC[C@@H](C[N+](=O)[O-])[C@@H](OCc2ccccc2)[C@@H]1OCc1ccccc1. The summed E-state index contributed by atoms with van der Waals surface area (Å²) in [6.45, 7) is 0.609. The van der Waals surface area contributed by atoms with Gasteiger partial charge in [0.25, 0.3) is 0 Å². The Morgan fingerprint density at radius 2 is 1.50 bits per heavy atom. The van der Waals surface area contributed by atoms with Gasteiger partial charge >= 0.3 is 0 Å². The Bertz CT molecular complexity index is 726. The number of nitrogens with zero attached hydrogens (tertiary/aromatic N) is 1. The zero-order chi connectivity index (χ0) is 19.8. The van der Waals surface area contributed by atoms with Gasteiger partial charge in [0.15, 0.2) is 6.29 Å². The van der Waals surface area contributed by atoms with Crippen molar-refractivity contribution < 1.29 is 23.9 Å². The number of hydrogen-bond acceptors (Lipinski definition) is 6. The van der Waals surface area contributed by atoms with E-state index in [0.717, 1.165) is 11.1 Å². The smallest absolute Gasteiger partial charge is 0.211 e. The van der Waals surface area contributed by atoms with Crippen molar-refractivity contribution in [1.29, 1.82) is 0 Å². The highest BCUT2D eigenvalue weighted by Crippen LogP contribution is 2.28. The van der Waals surface area contributed by atoms with E-state index in [4.69, 9.17) is 18.9 Å². The lowest BCUT2D eigenvalue weighted by molar-refractivity contribution is -0.496. The van der Waals surface area contributed by atoms with Gasteiger partial charge in [-0.05, 0) is 11.1 Å². The van der Waals surface area contributed by atoms with Crippen molar-refractivity contribution >= 4 is 0 Å². The molecule has 3 rings (SSSR count). The molecule has 0 N–H and O–H groups in total. The first-order chi connectivity index (χ1) is 13.7. The molecule has 1 aliphatic heterocycles. The molecule has 7 heteroatoms. The molecular formula is C21H25NO6. The van der Waals surface area contributed by atoms with E-state index in [1.54, 1.807) is 0 Å². The number of hydrogen-bond donors (Lipinski definition) is 0. The lowest BCUT2D eigenvalue weighted by Crippen LogP contribution is -2.54. The van der Waals surface area contributed by atoms with Crippen LogP contribution in [-0.4, -0.2) is 43.7 Å². The molecule has 0 radical (unpaired) electrons. The molecule has 0 spiro atoms. The summed E-state index contributed by atoms with van der Waals surface area (Å²) in [6.07, 6.45) is -1.74. The van der Waals surface area contributed by atoms with Gasteiger partial charge < -0.3 is 18.9 Å². The molecule has 0 aromatic heterocycles. The average molecular weight is 387 g/mol. The maximum Gasteiger partial charge on any atom is 0.211 e. The lowest BCUT2D eigenvalue weighted by Gasteiger charge is -2.40. The van der Waals surface area contributed by atoms with Gasteiger partial charge in [0.05, 0.1) is 25.7 Å². The number of rotatable bonds is 9. The first kappa shape index (κ1) is 20.4. The molecule has 2 aromatic rings. The van der Waals surface area contributed by atoms with E-state index in [1.807, 2.05) is 60.7 Å². The van der Waals surface area contributed by atoms with Crippen molar-refractivity contribution in [3.63, 3.8) is 0 Å². The van der Waals surface area contributed by atoms with Crippen LogP contribution in [0.5, 0.6) is 0 Å². The first-order valence-corrected chi connectivity index (χ1v) is 9.24. The monoisotopic (exact) mass is 387 g/mol. The molecule has 150 valence electrons. The first-order valence-electron chi connectivity index (χ1n) is 9.24. The van der Waals surface area contributed by atoms with Crippen LogP contribution in [0.25, 0.3) is 0 Å². The highest BCUT2D eigenvalue weighted by atomic mass is 16.7. The van der Waals surface area contributed by atoms with Crippen LogP contribution in [0.3, 0.4) is 0 Å². The second-order valence-electron chi connectivity index (χ2n) is 6.74. The molecule has 1 saturated heterocycles. The predicted molar refractivity (Wildman–Crippen MR) is 102 cm³/mol. The van der Waals surface area contributed by atoms with Crippen LogP contribution in [0.2, 0.25) is 0 Å². The van der Waals surface area contributed by atoms with Crippen molar-refractivity contribution in [2.45, 2.75) is 31.7 Å². The van der Waals surface area contributed by atoms with Crippen LogP contribution in [0.1, 0.15) is 11.1 Å². The molecule has 2 aromatic carbocycles. The molecule has 0 aliphatic carbocycles. The van der Waals surface area contributed by atoms with Crippen molar-refractivity contribution in [2.75, 3.05) is 20.3 Å². The largest absolute Gasteiger partial charge is 0.370 e. The third-order valence-electron chi connectivity index (χ3n) is 4.72. The summed E-state index contributed by atoms with van der Waals surface area (Å²) in [5, 5.41) is 11.1. The minimum atomic E-state index is -0.646. The number of benzene rings is 2. The van der Waals surface area contributed by atoms with Crippen molar-refractivity contribution in [3.05, 3.63) is 81.9 Å². The van der Waals surface area contributed by atoms with E-state index in [2.05, 4.69) is 0 Å². The van der Waals surface area contributed by atoms with Gasteiger partial charge in [-0.2, -0.15) is 0 Å². The summed E-state index contributed by atoms with van der Waals surface area (Å²) in [6, 6.07) is 19.4. The summed E-state index contributed by atoms with van der Waals surface area (Å²) in [4.78, 5) is 10.8. The normalized spacial score (nSPS) is 24.8. The van der Waals surface area contributed by atoms with Gasteiger partial charge in [-0.3, -0.25) is 10.1 Å². The van der Waals surface area contributed by atoms with Crippen LogP contribution in [0.15, 0.2) is 60.7 Å². The molecule has 28 heavy (non-hydrogen) atoms. The van der Waals surface area contributed by atoms with Crippen molar-refractivity contribution in [2.24, 2.45) is 5.92 Å². The fraction of sp³-hybridized carbons (Fsp3) is 0.429. The fourth-order valence-corrected chi connectivity index (χ4v) is 3.32. The second kappa shape index (κ2) is 10.3. The minimum Gasteiger partial charge on any atom is -0.370 e. The van der Waals surface area contributed by atoms with Gasteiger partial charge in [-0.15, -0.1) is 0 Å². The van der Waals surface area contributed by atoms with Crippen molar-refractivity contribution in [1.82, 2.24) is 0 Å². The van der Waals surface area contributed by atoms with E-state index in [9.17, 15) is 10.1 Å². The van der Waals surface area contributed by atoms with Gasteiger partial charge in [0.2, 0.25) is 6.54 Å². The summed E-state index contributed by atoms with van der Waals surface area (Å²) in [5.41, 5.74) is 1.99. The number of methoxy groups -OCH3 is 1. The highest BCUT2D eigenvalue weighted by molar-refractivity contribution is 5.14. The third kappa shape index (κ3) is 5.59. The molecule has 0 unspecified atom stereocenters. The molecular weight excluding hydrogens is 362 g/mol.